The van der Waals surface area contributed by atoms with Gasteiger partial charge in [-0.2, -0.15) is 5.10 Å². The van der Waals surface area contributed by atoms with Crippen molar-refractivity contribution in [3.05, 3.63) is 35.8 Å². The van der Waals surface area contributed by atoms with E-state index in [2.05, 4.69) is 30.8 Å². The molecule has 4 rings (SSSR count). The number of nitrogens with one attached hydrogen (secondary N) is 4. The summed E-state index contributed by atoms with van der Waals surface area (Å²) in [6, 6.07) is 5.31. The number of H-pyrrole nitrogens is 2. The van der Waals surface area contributed by atoms with E-state index in [1.54, 1.807) is 12.1 Å². The minimum atomic E-state index is -0.374. The number of benzene rings is 1. The van der Waals surface area contributed by atoms with Gasteiger partial charge in [0.25, 0.3) is 23.8 Å². The van der Waals surface area contributed by atoms with Gasteiger partial charge in [0.2, 0.25) is 0 Å². The summed E-state index contributed by atoms with van der Waals surface area (Å²) in [4.78, 5) is 30.7. The second-order valence-corrected chi connectivity index (χ2v) is 5.46. The van der Waals surface area contributed by atoms with Gasteiger partial charge in [-0.15, -0.1) is 0 Å². The fraction of sp³-hybridized carbons (Fsp3) is 0.133. The van der Waals surface area contributed by atoms with Crippen LogP contribution >= 0.6 is 0 Å². The van der Waals surface area contributed by atoms with Crippen LogP contribution in [0.4, 0.5) is 11.5 Å². The fourth-order valence-corrected chi connectivity index (χ4v) is 2.58. The molecule has 10 heteroatoms. The van der Waals surface area contributed by atoms with E-state index in [0.29, 0.717) is 22.5 Å². The molecular formula is C15H14N7O3+. The normalized spacial score (nSPS) is 13.0. The van der Waals surface area contributed by atoms with Crippen LogP contribution in [-0.2, 0) is 11.3 Å². The van der Waals surface area contributed by atoms with E-state index < -0.39 is 0 Å². The number of rotatable bonds is 3. The zero-order valence-corrected chi connectivity index (χ0v) is 12.9. The monoisotopic (exact) mass is 340 g/mol. The predicted molar refractivity (Wildman–Crippen MR) is 86.6 cm³/mol. The molecule has 126 valence electrons. The molecule has 0 saturated heterocycles. The molecule has 1 aromatic carbocycles. The highest BCUT2D eigenvalue weighted by molar-refractivity contribution is 6.03. The van der Waals surface area contributed by atoms with E-state index in [0.717, 1.165) is 5.56 Å². The molecular weight excluding hydrogens is 326 g/mol. The van der Waals surface area contributed by atoms with Gasteiger partial charge in [0, 0.05) is 6.54 Å². The number of nitrogen functional groups attached to an aromatic ring is 1. The summed E-state index contributed by atoms with van der Waals surface area (Å²) in [5.41, 5.74) is 8.24. The lowest BCUT2D eigenvalue weighted by Crippen LogP contribution is -2.27. The first-order valence-corrected chi connectivity index (χ1v) is 7.46. The first kappa shape index (κ1) is 14.9. The Hall–Kier alpha value is -3.69. The average Bonchev–Trinajstić information content (AvgIpc) is 3.00. The molecule has 3 heterocycles. The van der Waals surface area contributed by atoms with Crippen molar-refractivity contribution in [3.63, 3.8) is 0 Å². The molecule has 0 radical (unpaired) electrons. The minimum absolute atomic E-state index is 0.00306. The Morgan fingerprint density at radius 1 is 1.44 bits per heavy atom. The standard InChI is InChI=1S/C15H13N7O3/c16-14-12-11(21-22-14)13(19-6-18-12)15(24)17-4-7-1-2-9-8(3-7)20-10(23)5-25-9/h1-3,6H,4-5H2,(H,17,24)(H,20,23)(H3,16,21,22)/p+1. The van der Waals surface area contributed by atoms with Crippen LogP contribution in [0.15, 0.2) is 24.5 Å². The number of aromatic amines is 2. The van der Waals surface area contributed by atoms with Crippen molar-refractivity contribution >= 4 is 34.4 Å². The molecule has 0 bridgehead atoms. The van der Waals surface area contributed by atoms with E-state index in [1.165, 1.54) is 6.33 Å². The van der Waals surface area contributed by atoms with Gasteiger partial charge in [-0.1, -0.05) is 6.07 Å². The Morgan fingerprint density at radius 3 is 3.20 bits per heavy atom. The number of anilines is 2. The molecule has 1 aliphatic heterocycles. The van der Waals surface area contributed by atoms with Crippen molar-refractivity contribution in [1.82, 2.24) is 20.5 Å². The highest BCUT2D eigenvalue weighted by Gasteiger charge is 2.22. The molecule has 1 aliphatic rings. The zero-order chi connectivity index (χ0) is 17.4. The van der Waals surface area contributed by atoms with Crippen LogP contribution in [0.3, 0.4) is 0 Å². The summed E-state index contributed by atoms with van der Waals surface area (Å²) in [6.07, 6.45) is 1.38. The summed E-state index contributed by atoms with van der Waals surface area (Å²) >= 11 is 0. The molecule has 0 unspecified atom stereocenters. The molecule has 10 nitrogen and oxygen atoms in total. The van der Waals surface area contributed by atoms with Gasteiger partial charge in [-0.05, 0) is 22.7 Å². The number of ether oxygens (including phenoxy) is 1. The number of carbonyl (C=O) groups excluding carboxylic acids is 2. The Morgan fingerprint density at radius 2 is 2.32 bits per heavy atom. The van der Waals surface area contributed by atoms with Crippen LogP contribution in [0.25, 0.3) is 11.0 Å². The second-order valence-electron chi connectivity index (χ2n) is 5.46. The first-order valence-electron chi connectivity index (χ1n) is 7.46. The smallest absolute Gasteiger partial charge is 0.298 e. The summed E-state index contributed by atoms with van der Waals surface area (Å²) in [5, 5.41) is 12.1. The Balaban J connectivity index is 1.52. The number of amides is 2. The fourth-order valence-electron chi connectivity index (χ4n) is 2.58. The van der Waals surface area contributed by atoms with Crippen LogP contribution in [-0.4, -0.2) is 33.6 Å². The number of hydrogen-bond acceptors (Lipinski definition) is 6. The average molecular weight is 340 g/mol. The van der Waals surface area contributed by atoms with Crippen molar-refractivity contribution in [2.24, 2.45) is 0 Å². The molecule has 2 amide bonds. The number of nitrogens with two attached hydrogens (primary N) is 1. The van der Waals surface area contributed by atoms with Crippen molar-refractivity contribution in [3.8, 4) is 5.75 Å². The van der Waals surface area contributed by atoms with Crippen LogP contribution in [0.5, 0.6) is 5.75 Å². The van der Waals surface area contributed by atoms with Crippen LogP contribution in [0.1, 0.15) is 16.1 Å². The molecule has 2 aromatic heterocycles. The number of aromatic nitrogens is 4. The van der Waals surface area contributed by atoms with Gasteiger partial charge in [-0.25, -0.2) is 4.98 Å². The maximum absolute atomic E-state index is 12.4. The van der Waals surface area contributed by atoms with Gasteiger partial charge < -0.3 is 21.1 Å². The quantitative estimate of drug-likeness (QED) is 0.510. The molecule has 0 atom stereocenters. The van der Waals surface area contributed by atoms with Gasteiger partial charge in [0.05, 0.1) is 5.69 Å². The largest absolute Gasteiger partial charge is 0.482 e. The zero-order valence-electron chi connectivity index (χ0n) is 12.9. The number of nitrogens with zero attached hydrogens (tertiary/aromatic N) is 2. The lowest BCUT2D eigenvalue weighted by atomic mass is 10.1. The van der Waals surface area contributed by atoms with E-state index in [1.807, 2.05) is 6.07 Å². The summed E-state index contributed by atoms with van der Waals surface area (Å²) < 4.78 is 5.30. The maximum Gasteiger partial charge on any atom is 0.298 e. The van der Waals surface area contributed by atoms with Crippen LogP contribution in [0, 0.1) is 0 Å². The topological polar surface area (TPSA) is 149 Å². The van der Waals surface area contributed by atoms with E-state index in [9.17, 15) is 9.59 Å². The third-order valence-corrected chi connectivity index (χ3v) is 3.78. The summed E-state index contributed by atoms with van der Waals surface area (Å²) in [5.74, 6) is 0.278. The Bertz CT molecular complexity index is 998. The van der Waals surface area contributed by atoms with Gasteiger partial charge in [0.1, 0.15) is 5.75 Å². The predicted octanol–water partition coefficient (Wildman–Crippen LogP) is -0.385. The molecule has 0 aliphatic carbocycles. The van der Waals surface area contributed by atoms with Crippen molar-refractivity contribution < 1.29 is 19.3 Å². The number of carbonyl (C=O) groups is 2. The third kappa shape index (κ3) is 2.69. The lowest BCUT2D eigenvalue weighted by molar-refractivity contribution is -0.349. The molecule has 3 aromatic rings. The summed E-state index contributed by atoms with van der Waals surface area (Å²) in [6.45, 7) is 0.260. The van der Waals surface area contributed by atoms with E-state index >= 15 is 0 Å². The first-order chi connectivity index (χ1) is 12.1. The van der Waals surface area contributed by atoms with E-state index in [4.69, 9.17) is 10.5 Å². The van der Waals surface area contributed by atoms with Crippen molar-refractivity contribution in [2.75, 3.05) is 17.7 Å². The number of hydrogen-bond donors (Lipinski definition) is 4. The summed E-state index contributed by atoms with van der Waals surface area (Å²) in [7, 11) is 0. The van der Waals surface area contributed by atoms with E-state index in [-0.39, 0.29) is 36.5 Å². The maximum atomic E-state index is 12.4. The van der Waals surface area contributed by atoms with Gasteiger partial charge in [0.15, 0.2) is 23.5 Å². The Kier molecular flexibility index (Phi) is 3.42. The lowest BCUT2D eigenvalue weighted by Gasteiger charge is -2.18. The highest BCUT2D eigenvalue weighted by atomic mass is 16.5. The molecule has 0 spiro atoms. The second kappa shape index (κ2) is 5.74. The number of fused-ring (bicyclic) bond motifs is 2. The van der Waals surface area contributed by atoms with Gasteiger partial charge in [-0.3, -0.25) is 14.7 Å². The van der Waals surface area contributed by atoms with Crippen LogP contribution < -0.4 is 26.1 Å². The minimum Gasteiger partial charge on any atom is -0.482 e. The molecule has 6 N–H and O–H groups in total. The third-order valence-electron chi connectivity index (χ3n) is 3.78. The molecule has 25 heavy (non-hydrogen) atoms. The van der Waals surface area contributed by atoms with Crippen LogP contribution in [0.2, 0.25) is 0 Å². The SMILES string of the molecule is Nc1n[nH]c2c(C(=O)NCc3ccc4c(c3)NC(=O)CO4)nc[nH+]c12. The Labute approximate surface area is 140 Å². The molecule has 0 saturated carbocycles. The van der Waals surface area contributed by atoms with Gasteiger partial charge >= 0.3 is 0 Å². The highest BCUT2D eigenvalue weighted by Crippen LogP contribution is 2.28. The molecule has 0 fully saturated rings. The van der Waals surface area contributed by atoms with Crippen molar-refractivity contribution in [2.45, 2.75) is 6.54 Å². The van der Waals surface area contributed by atoms with Crippen molar-refractivity contribution in [1.29, 1.82) is 0 Å².